The average molecular weight is 715 g/mol. The molecule has 10 aromatic rings. The number of aromatic nitrogens is 1. The molecule has 1 heterocycles. The van der Waals surface area contributed by atoms with Gasteiger partial charge in [-0.2, -0.15) is 0 Å². The van der Waals surface area contributed by atoms with E-state index in [4.69, 9.17) is 0 Å². The topological polar surface area (TPSA) is 8.17 Å². The Morgan fingerprint density at radius 3 is 1.43 bits per heavy atom. The van der Waals surface area contributed by atoms with Crippen LogP contribution in [0.5, 0.6) is 0 Å². The van der Waals surface area contributed by atoms with Gasteiger partial charge in [0.1, 0.15) is 0 Å². The molecule has 9 aromatic carbocycles. The van der Waals surface area contributed by atoms with Gasteiger partial charge in [0.05, 0.1) is 22.4 Å². The van der Waals surface area contributed by atoms with E-state index in [9.17, 15) is 0 Å². The molecule has 0 saturated heterocycles. The molecule has 0 aliphatic carbocycles. The molecule has 2 nitrogen and oxygen atoms in total. The first-order chi connectivity index (χ1) is 27.8. The van der Waals surface area contributed by atoms with Crippen LogP contribution in [-0.2, 0) is 0 Å². The highest BCUT2D eigenvalue weighted by molar-refractivity contribution is 6.09. The molecule has 0 N–H and O–H groups in total. The predicted molar refractivity (Wildman–Crippen MR) is 237 cm³/mol. The van der Waals surface area contributed by atoms with Crippen LogP contribution in [0.2, 0.25) is 0 Å². The molecule has 2 heteroatoms. The third-order valence-corrected chi connectivity index (χ3v) is 10.8. The van der Waals surface area contributed by atoms with E-state index in [1.807, 2.05) is 0 Å². The lowest BCUT2D eigenvalue weighted by Gasteiger charge is -2.29. The summed E-state index contributed by atoms with van der Waals surface area (Å²) in [6.45, 7) is 0. The number of rotatable bonds is 8. The minimum Gasteiger partial charge on any atom is -0.310 e. The maximum atomic E-state index is 2.42. The lowest BCUT2D eigenvalue weighted by atomic mass is 9.93. The van der Waals surface area contributed by atoms with Crippen molar-refractivity contribution >= 4 is 38.9 Å². The molecule has 1 aromatic heterocycles. The summed E-state index contributed by atoms with van der Waals surface area (Å²) in [5, 5.41) is 2.51. The average Bonchev–Trinajstić information content (AvgIpc) is 3.62. The molecule has 0 radical (unpaired) electrons. The molecule has 264 valence electrons. The van der Waals surface area contributed by atoms with E-state index in [0.717, 1.165) is 39.4 Å². The Hall–Kier alpha value is -7.42. The van der Waals surface area contributed by atoms with Crippen LogP contribution in [0.4, 0.5) is 17.1 Å². The summed E-state index contributed by atoms with van der Waals surface area (Å²) in [6.07, 6.45) is 0. The summed E-state index contributed by atoms with van der Waals surface area (Å²) in [5.74, 6) is 0. The Balaban J connectivity index is 1.19. The van der Waals surface area contributed by atoms with E-state index in [0.29, 0.717) is 0 Å². The fourth-order valence-electron chi connectivity index (χ4n) is 8.16. The Kier molecular flexibility index (Phi) is 8.55. The first-order valence-electron chi connectivity index (χ1n) is 19.2. The van der Waals surface area contributed by atoms with E-state index >= 15 is 0 Å². The minimum absolute atomic E-state index is 1.09. The van der Waals surface area contributed by atoms with Gasteiger partial charge in [0.25, 0.3) is 0 Å². The van der Waals surface area contributed by atoms with Crippen LogP contribution in [0.1, 0.15) is 0 Å². The predicted octanol–water partition coefficient (Wildman–Crippen LogP) is 14.9. The number of benzene rings is 9. The summed E-state index contributed by atoms with van der Waals surface area (Å²) in [7, 11) is 0. The monoisotopic (exact) mass is 714 g/mol. The molecule has 0 aliphatic rings. The van der Waals surface area contributed by atoms with Gasteiger partial charge in [-0.15, -0.1) is 0 Å². The fraction of sp³-hybridized carbons (Fsp3) is 0. The zero-order valence-corrected chi connectivity index (χ0v) is 30.8. The van der Waals surface area contributed by atoms with Gasteiger partial charge in [-0.1, -0.05) is 170 Å². The normalized spacial score (nSPS) is 11.2. The molecule has 0 spiro atoms. The highest BCUT2D eigenvalue weighted by Crippen LogP contribution is 2.45. The highest BCUT2D eigenvalue weighted by Gasteiger charge is 2.21. The van der Waals surface area contributed by atoms with Crippen molar-refractivity contribution < 1.29 is 0 Å². The Bertz CT molecular complexity index is 2890. The number of para-hydroxylation sites is 4. The number of nitrogens with zero attached hydrogens (tertiary/aromatic N) is 2. The fourth-order valence-corrected chi connectivity index (χ4v) is 8.16. The zero-order valence-electron chi connectivity index (χ0n) is 30.8. The van der Waals surface area contributed by atoms with Gasteiger partial charge in [0.15, 0.2) is 0 Å². The van der Waals surface area contributed by atoms with Crippen molar-refractivity contribution in [2.24, 2.45) is 0 Å². The third kappa shape index (κ3) is 6.04. The second kappa shape index (κ2) is 14.4. The first-order valence-corrected chi connectivity index (χ1v) is 19.2. The first kappa shape index (κ1) is 33.2. The van der Waals surface area contributed by atoms with Crippen molar-refractivity contribution in [3.63, 3.8) is 0 Å². The molecular weight excluding hydrogens is 677 g/mol. The maximum absolute atomic E-state index is 2.42. The number of hydrogen-bond donors (Lipinski definition) is 0. The molecule has 0 unspecified atom stereocenters. The molecule has 10 rings (SSSR count). The van der Waals surface area contributed by atoms with Crippen molar-refractivity contribution in [3.8, 4) is 50.2 Å². The molecule has 0 fully saturated rings. The van der Waals surface area contributed by atoms with E-state index in [-0.39, 0.29) is 0 Å². The van der Waals surface area contributed by atoms with Gasteiger partial charge >= 0.3 is 0 Å². The lowest BCUT2D eigenvalue weighted by Crippen LogP contribution is -2.11. The third-order valence-electron chi connectivity index (χ3n) is 10.8. The van der Waals surface area contributed by atoms with Gasteiger partial charge in [0, 0.05) is 33.3 Å². The summed E-state index contributed by atoms with van der Waals surface area (Å²) < 4.78 is 2.42. The van der Waals surface area contributed by atoms with Crippen molar-refractivity contribution in [2.75, 3.05) is 4.90 Å². The van der Waals surface area contributed by atoms with Crippen molar-refractivity contribution in [1.82, 2.24) is 4.57 Å². The van der Waals surface area contributed by atoms with Gasteiger partial charge in [-0.05, 0) is 94.0 Å². The molecule has 56 heavy (non-hydrogen) atoms. The van der Waals surface area contributed by atoms with Crippen LogP contribution >= 0.6 is 0 Å². The van der Waals surface area contributed by atoms with Gasteiger partial charge in [-0.3, -0.25) is 0 Å². The number of hydrogen-bond acceptors (Lipinski definition) is 1. The SMILES string of the molecule is c1ccc(-c2ccc(N(c3ccccc3)c3ccc(-c4ccccc4-n4c5ccccc5c5ccccc54)cc3-c3cccc(-c4ccccc4)c3)cc2)cc1. The standard InChI is InChI=1S/C54H38N2/c1-4-17-39(18-5-1)41-31-34-46(35-32-41)55(45-23-8-3-9-24-45)54-36-33-44(38-50(54)43-22-16-21-42(37-43)40-19-6-2-7-20-40)47-25-10-13-28-51(47)56-52-29-14-11-26-48(52)49-27-12-15-30-53(49)56/h1-38H. The summed E-state index contributed by atoms with van der Waals surface area (Å²) in [5.41, 5.74) is 16.2. The Morgan fingerprint density at radius 2 is 0.750 bits per heavy atom. The van der Waals surface area contributed by atoms with Crippen molar-refractivity contribution in [2.45, 2.75) is 0 Å². The number of anilines is 3. The van der Waals surface area contributed by atoms with Crippen molar-refractivity contribution in [3.05, 3.63) is 231 Å². The largest absolute Gasteiger partial charge is 0.310 e. The molecule has 0 bridgehead atoms. The second-order valence-electron chi connectivity index (χ2n) is 14.1. The van der Waals surface area contributed by atoms with E-state index in [2.05, 4.69) is 240 Å². The molecule has 0 aliphatic heterocycles. The van der Waals surface area contributed by atoms with E-state index < -0.39 is 0 Å². The molecule has 0 saturated carbocycles. The maximum Gasteiger partial charge on any atom is 0.0541 e. The van der Waals surface area contributed by atoms with Gasteiger partial charge in [0.2, 0.25) is 0 Å². The quantitative estimate of drug-likeness (QED) is 0.152. The summed E-state index contributed by atoms with van der Waals surface area (Å²) in [6, 6.07) is 83.1. The van der Waals surface area contributed by atoms with Crippen LogP contribution in [0.15, 0.2) is 231 Å². The summed E-state index contributed by atoms with van der Waals surface area (Å²) in [4.78, 5) is 2.39. The van der Waals surface area contributed by atoms with Crippen LogP contribution in [0, 0.1) is 0 Å². The van der Waals surface area contributed by atoms with Crippen LogP contribution < -0.4 is 4.90 Å². The van der Waals surface area contributed by atoms with E-state index in [1.165, 1.54) is 49.6 Å². The van der Waals surface area contributed by atoms with Gasteiger partial charge < -0.3 is 9.47 Å². The van der Waals surface area contributed by atoms with Crippen molar-refractivity contribution in [1.29, 1.82) is 0 Å². The summed E-state index contributed by atoms with van der Waals surface area (Å²) >= 11 is 0. The van der Waals surface area contributed by atoms with Gasteiger partial charge in [-0.25, -0.2) is 0 Å². The Morgan fingerprint density at radius 1 is 0.286 bits per heavy atom. The Labute approximate surface area is 327 Å². The minimum atomic E-state index is 1.09. The van der Waals surface area contributed by atoms with Crippen LogP contribution in [0.3, 0.4) is 0 Å². The molecule has 0 amide bonds. The molecular formula is C54H38N2. The smallest absolute Gasteiger partial charge is 0.0541 e. The highest BCUT2D eigenvalue weighted by atomic mass is 15.1. The zero-order chi connectivity index (χ0) is 37.3. The number of fused-ring (bicyclic) bond motifs is 3. The molecule has 0 atom stereocenters. The lowest BCUT2D eigenvalue weighted by molar-refractivity contribution is 1.18. The second-order valence-corrected chi connectivity index (χ2v) is 14.1. The van der Waals surface area contributed by atoms with E-state index in [1.54, 1.807) is 0 Å². The van der Waals surface area contributed by atoms with Crippen LogP contribution in [0.25, 0.3) is 72.0 Å². The van der Waals surface area contributed by atoms with Crippen LogP contribution in [-0.4, -0.2) is 4.57 Å².